The molecule has 0 radical (unpaired) electrons. The fourth-order valence-corrected chi connectivity index (χ4v) is 3.04. The Morgan fingerprint density at radius 1 is 1.35 bits per heavy atom. The van der Waals surface area contributed by atoms with E-state index < -0.39 is 0 Å². The molecule has 0 spiro atoms. The number of rotatable bonds is 4. The molecule has 2 aromatic rings. The minimum atomic E-state index is 0.395. The lowest BCUT2D eigenvalue weighted by atomic mass is 10.3. The van der Waals surface area contributed by atoms with Gasteiger partial charge in [-0.1, -0.05) is 25.1 Å². The fraction of sp³-hybridized carbons (Fsp3) is 0.200. The molecule has 1 aliphatic heterocycles. The highest BCUT2D eigenvalue weighted by Gasteiger charge is 2.12. The Morgan fingerprint density at radius 2 is 2.15 bits per heavy atom. The molecule has 102 valence electrons. The van der Waals surface area contributed by atoms with E-state index in [1.54, 1.807) is 16.7 Å². The summed E-state index contributed by atoms with van der Waals surface area (Å²) in [5.74, 6) is 0.998. The Morgan fingerprint density at radius 3 is 2.85 bits per heavy atom. The topological polar surface area (TPSA) is 37.6 Å². The second-order valence-electron chi connectivity index (χ2n) is 4.41. The van der Waals surface area contributed by atoms with E-state index in [1.807, 2.05) is 36.5 Å². The van der Waals surface area contributed by atoms with Crippen LogP contribution in [-0.4, -0.2) is 28.3 Å². The highest BCUT2D eigenvalue weighted by molar-refractivity contribution is 7.99. The van der Waals surface area contributed by atoms with Crippen molar-refractivity contribution in [2.24, 2.45) is 4.99 Å². The Kier molecular flexibility index (Phi) is 3.60. The van der Waals surface area contributed by atoms with Gasteiger partial charge in [0.25, 0.3) is 0 Å². The standard InChI is InChI=1S/C15H15N3OS/c1-2-20-14-9-18(12-6-4-3-5-7-12)13-8-17(11-19)10-16-15(13)14/h3-9,11H,2,10H2,1H3. The predicted octanol–water partition coefficient (Wildman–Crippen LogP) is 1.38. The van der Waals surface area contributed by atoms with Crippen molar-refractivity contribution >= 4 is 24.4 Å². The third-order valence-electron chi connectivity index (χ3n) is 3.13. The van der Waals surface area contributed by atoms with Crippen LogP contribution in [0.15, 0.2) is 46.4 Å². The molecule has 0 aliphatic carbocycles. The van der Waals surface area contributed by atoms with Crippen molar-refractivity contribution in [3.8, 4) is 5.69 Å². The third-order valence-corrected chi connectivity index (χ3v) is 4.03. The van der Waals surface area contributed by atoms with Crippen LogP contribution < -0.4 is 10.7 Å². The summed E-state index contributed by atoms with van der Waals surface area (Å²) < 4.78 is 2.09. The van der Waals surface area contributed by atoms with E-state index in [0.29, 0.717) is 6.67 Å². The molecule has 0 atom stereocenters. The predicted molar refractivity (Wildman–Crippen MR) is 80.2 cm³/mol. The van der Waals surface area contributed by atoms with Gasteiger partial charge in [-0.25, -0.2) is 0 Å². The summed E-state index contributed by atoms with van der Waals surface area (Å²) in [5, 5.41) is 1.95. The lowest BCUT2D eigenvalue weighted by Crippen LogP contribution is -2.38. The van der Waals surface area contributed by atoms with Crippen LogP contribution in [-0.2, 0) is 4.79 Å². The minimum Gasteiger partial charge on any atom is -0.313 e. The number of para-hydroxylation sites is 1. The van der Waals surface area contributed by atoms with Crippen molar-refractivity contribution in [3.63, 3.8) is 0 Å². The maximum atomic E-state index is 11.0. The SMILES string of the molecule is CCSc1cn(-c2ccccc2)c2c1=NCN(C=O)C=2. The first-order valence-corrected chi connectivity index (χ1v) is 7.49. The van der Waals surface area contributed by atoms with Crippen molar-refractivity contribution in [3.05, 3.63) is 47.2 Å². The molecule has 5 heteroatoms. The smallest absolute Gasteiger partial charge is 0.215 e. The summed E-state index contributed by atoms with van der Waals surface area (Å²) >= 11 is 1.77. The molecular weight excluding hydrogens is 270 g/mol. The molecule has 0 saturated heterocycles. The van der Waals surface area contributed by atoms with E-state index in [4.69, 9.17) is 0 Å². The van der Waals surface area contributed by atoms with Gasteiger partial charge in [0.05, 0.1) is 10.2 Å². The highest BCUT2D eigenvalue weighted by Crippen LogP contribution is 2.15. The Bertz CT molecular complexity index is 736. The molecule has 20 heavy (non-hydrogen) atoms. The van der Waals surface area contributed by atoms with Gasteiger partial charge in [-0.2, -0.15) is 0 Å². The van der Waals surface area contributed by atoms with Crippen molar-refractivity contribution in [1.82, 2.24) is 9.47 Å². The average Bonchev–Trinajstić information content (AvgIpc) is 2.86. The Labute approximate surface area is 121 Å². The Hall–Kier alpha value is -2.01. The minimum absolute atomic E-state index is 0.395. The quantitative estimate of drug-likeness (QED) is 0.628. The third kappa shape index (κ3) is 2.25. The normalized spacial score (nSPS) is 13.3. The second kappa shape index (κ2) is 5.54. The van der Waals surface area contributed by atoms with Crippen LogP contribution in [0.4, 0.5) is 0 Å². The second-order valence-corrected chi connectivity index (χ2v) is 5.72. The van der Waals surface area contributed by atoms with E-state index in [0.717, 1.165) is 33.5 Å². The van der Waals surface area contributed by atoms with Gasteiger partial charge < -0.3 is 4.57 Å². The van der Waals surface area contributed by atoms with E-state index in [9.17, 15) is 4.79 Å². The maximum Gasteiger partial charge on any atom is 0.215 e. The first-order chi connectivity index (χ1) is 9.83. The van der Waals surface area contributed by atoms with E-state index in [-0.39, 0.29) is 0 Å². The lowest BCUT2D eigenvalue weighted by molar-refractivity contribution is -0.115. The number of hydrogen-bond donors (Lipinski definition) is 0. The highest BCUT2D eigenvalue weighted by atomic mass is 32.2. The molecule has 0 fully saturated rings. The molecule has 1 amide bonds. The van der Waals surface area contributed by atoms with Crippen LogP contribution in [0.1, 0.15) is 6.92 Å². The van der Waals surface area contributed by atoms with Gasteiger partial charge in [0.2, 0.25) is 6.41 Å². The molecule has 3 rings (SSSR count). The number of aromatic nitrogens is 1. The Balaban J connectivity index is 2.24. The van der Waals surface area contributed by atoms with Gasteiger partial charge in [0, 0.05) is 18.1 Å². The molecule has 1 aromatic heterocycles. The first kappa shape index (κ1) is 13.0. The van der Waals surface area contributed by atoms with E-state index in [1.165, 1.54) is 0 Å². The van der Waals surface area contributed by atoms with Gasteiger partial charge >= 0.3 is 0 Å². The number of fused-ring (bicyclic) bond motifs is 1. The zero-order valence-corrected chi connectivity index (χ0v) is 12.0. The number of hydrogen-bond acceptors (Lipinski definition) is 3. The van der Waals surface area contributed by atoms with Gasteiger partial charge in [-0.15, -0.1) is 11.8 Å². The average molecular weight is 285 g/mol. The van der Waals surface area contributed by atoms with Crippen LogP contribution in [0.5, 0.6) is 0 Å². The van der Waals surface area contributed by atoms with Crippen molar-refractivity contribution in [1.29, 1.82) is 0 Å². The summed E-state index contributed by atoms with van der Waals surface area (Å²) in [6.45, 7) is 2.52. The molecule has 2 heterocycles. The van der Waals surface area contributed by atoms with Crippen LogP contribution >= 0.6 is 11.8 Å². The van der Waals surface area contributed by atoms with Crippen molar-refractivity contribution < 1.29 is 4.79 Å². The number of nitrogens with zero attached hydrogens (tertiary/aromatic N) is 3. The molecule has 0 unspecified atom stereocenters. The monoisotopic (exact) mass is 285 g/mol. The molecule has 0 saturated carbocycles. The van der Waals surface area contributed by atoms with Gasteiger partial charge in [0.15, 0.2) is 0 Å². The van der Waals surface area contributed by atoms with Crippen LogP contribution in [0.25, 0.3) is 11.9 Å². The van der Waals surface area contributed by atoms with Gasteiger partial charge in [-0.3, -0.25) is 14.7 Å². The summed E-state index contributed by atoms with van der Waals surface area (Å²) in [4.78, 5) is 18.2. The van der Waals surface area contributed by atoms with Gasteiger partial charge in [0.1, 0.15) is 12.0 Å². The van der Waals surface area contributed by atoms with Gasteiger partial charge in [-0.05, 0) is 17.9 Å². The summed E-state index contributed by atoms with van der Waals surface area (Å²) in [7, 11) is 0. The molecule has 4 nitrogen and oxygen atoms in total. The molecule has 0 N–H and O–H groups in total. The number of carbonyl (C=O) groups excluding carboxylic acids is 1. The zero-order chi connectivity index (χ0) is 13.9. The van der Waals surface area contributed by atoms with Crippen LogP contribution in [0, 0.1) is 0 Å². The fourth-order valence-electron chi connectivity index (χ4n) is 2.25. The number of thioether (sulfide) groups is 1. The summed E-state index contributed by atoms with van der Waals surface area (Å²) in [5.41, 5.74) is 1.07. The van der Waals surface area contributed by atoms with Crippen molar-refractivity contribution in [2.75, 3.05) is 12.4 Å². The number of benzene rings is 1. The zero-order valence-electron chi connectivity index (χ0n) is 11.2. The van der Waals surface area contributed by atoms with Crippen LogP contribution in [0.2, 0.25) is 0 Å². The first-order valence-electron chi connectivity index (χ1n) is 6.50. The van der Waals surface area contributed by atoms with Crippen molar-refractivity contribution in [2.45, 2.75) is 11.8 Å². The van der Waals surface area contributed by atoms with E-state index >= 15 is 0 Å². The molecule has 1 aliphatic rings. The number of carbonyl (C=O) groups is 1. The lowest BCUT2D eigenvalue weighted by Gasteiger charge is -2.12. The number of amides is 1. The largest absolute Gasteiger partial charge is 0.313 e. The van der Waals surface area contributed by atoms with E-state index in [2.05, 4.69) is 22.7 Å². The summed E-state index contributed by atoms with van der Waals surface area (Å²) in [6.07, 6.45) is 4.77. The molecular formula is C15H15N3OS. The van der Waals surface area contributed by atoms with Crippen LogP contribution in [0.3, 0.4) is 0 Å². The molecule has 0 bridgehead atoms. The molecule has 1 aromatic carbocycles. The maximum absolute atomic E-state index is 11.0. The summed E-state index contributed by atoms with van der Waals surface area (Å²) in [6, 6.07) is 10.1.